The SMILES string of the molecule is C=CC(=O)OC(C)C[CH2-].C=CC(=O)OC(C)C[CH2-].O=P(O)(O)O.[Ca+2]. The molecule has 0 aliphatic heterocycles. The molecule has 0 amide bonds. The predicted octanol–water partition coefficient (Wildman–Crippen LogP) is 1.35. The van der Waals surface area contributed by atoms with Crippen LogP contribution in [0, 0.1) is 13.8 Å². The van der Waals surface area contributed by atoms with E-state index < -0.39 is 7.82 Å². The third-order valence-corrected chi connectivity index (χ3v) is 1.78. The number of carbonyl (C=O) groups is 2. The maximum Gasteiger partial charge on any atom is 2.00 e. The Hall–Kier alpha value is -0.210. The molecule has 0 aliphatic carbocycles. The molecule has 10 heteroatoms. The minimum absolute atomic E-state index is 0. The molecule has 0 spiro atoms. The summed E-state index contributed by atoms with van der Waals surface area (Å²) in [5.41, 5.74) is 0. The number of hydrogen-bond donors (Lipinski definition) is 3. The van der Waals surface area contributed by atoms with E-state index in [2.05, 4.69) is 27.0 Å². The van der Waals surface area contributed by atoms with Crippen LogP contribution in [0.5, 0.6) is 0 Å². The first-order chi connectivity index (χ1) is 10.4. The Morgan fingerprint density at radius 3 is 1.33 bits per heavy atom. The molecule has 0 rings (SSSR count). The van der Waals surface area contributed by atoms with Gasteiger partial charge in [0.1, 0.15) is 0 Å². The second kappa shape index (κ2) is 19.1. The van der Waals surface area contributed by atoms with Crippen LogP contribution >= 0.6 is 7.82 Å². The molecule has 0 aliphatic rings. The number of rotatable bonds is 6. The van der Waals surface area contributed by atoms with Crippen molar-refractivity contribution in [2.24, 2.45) is 0 Å². The summed E-state index contributed by atoms with van der Waals surface area (Å²) in [5, 5.41) is 0. The predicted molar refractivity (Wildman–Crippen MR) is 91.5 cm³/mol. The van der Waals surface area contributed by atoms with Crippen molar-refractivity contribution < 1.29 is 38.3 Å². The zero-order chi connectivity index (χ0) is 19.1. The van der Waals surface area contributed by atoms with Crippen LogP contribution in [0.15, 0.2) is 25.3 Å². The average Bonchev–Trinajstić information content (AvgIpc) is 2.45. The summed E-state index contributed by atoms with van der Waals surface area (Å²) in [5.74, 6) is -0.766. The van der Waals surface area contributed by atoms with E-state index in [1.807, 2.05) is 0 Å². The van der Waals surface area contributed by atoms with Gasteiger partial charge in [0.2, 0.25) is 0 Å². The van der Waals surface area contributed by atoms with E-state index in [4.69, 9.17) is 28.7 Å². The van der Waals surface area contributed by atoms with Gasteiger partial charge in [0.25, 0.3) is 0 Å². The second-order valence-corrected chi connectivity index (χ2v) is 5.02. The van der Waals surface area contributed by atoms with Crippen LogP contribution in [-0.2, 0) is 23.6 Å². The molecule has 0 saturated carbocycles. The molecule has 2 atom stereocenters. The summed E-state index contributed by atoms with van der Waals surface area (Å²) >= 11 is 0. The van der Waals surface area contributed by atoms with Crippen molar-refractivity contribution in [1.82, 2.24) is 0 Å². The molecular formula is C14H25CaO8P. The third-order valence-electron chi connectivity index (χ3n) is 1.78. The maximum atomic E-state index is 10.4. The normalized spacial score (nSPS) is 11.6. The van der Waals surface area contributed by atoms with Gasteiger partial charge >= 0.3 is 57.5 Å². The summed E-state index contributed by atoms with van der Waals surface area (Å²) in [6.45, 7) is 17.2. The first kappa shape index (κ1) is 31.5. The molecule has 0 heterocycles. The third kappa shape index (κ3) is 37.8. The van der Waals surface area contributed by atoms with Crippen LogP contribution in [0.4, 0.5) is 0 Å². The van der Waals surface area contributed by atoms with Crippen molar-refractivity contribution in [2.45, 2.75) is 38.9 Å². The van der Waals surface area contributed by atoms with Crippen LogP contribution in [-0.4, -0.2) is 76.6 Å². The summed E-state index contributed by atoms with van der Waals surface area (Å²) in [6, 6.07) is 0. The monoisotopic (exact) mass is 392 g/mol. The molecule has 0 fully saturated rings. The van der Waals surface area contributed by atoms with Crippen molar-refractivity contribution in [3.05, 3.63) is 39.2 Å². The Morgan fingerprint density at radius 2 is 1.21 bits per heavy atom. The molecule has 8 nitrogen and oxygen atoms in total. The molecule has 0 aromatic carbocycles. The number of carbonyl (C=O) groups excluding carboxylic acids is 2. The molecular weight excluding hydrogens is 367 g/mol. The summed E-state index contributed by atoms with van der Waals surface area (Å²) in [4.78, 5) is 42.4. The standard InChI is InChI=1S/2C7H11O2.Ca.H3O4P/c2*1-4-6(3)9-7(8)5-2;;1-5(2,3)4/h2*5-6H,1-2,4H2,3H3;;(H3,1,2,3,4)/q2*-1;+2;. The summed E-state index contributed by atoms with van der Waals surface area (Å²) < 4.78 is 18.3. The quantitative estimate of drug-likeness (QED) is 0.203. The van der Waals surface area contributed by atoms with Crippen LogP contribution < -0.4 is 0 Å². The first-order valence-corrected chi connectivity index (χ1v) is 8.00. The first-order valence-electron chi connectivity index (χ1n) is 6.44. The zero-order valence-electron chi connectivity index (χ0n) is 14.1. The summed E-state index contributed by atoms with van der Waals surface area (Å²) in [7, 11) is -4.64. The Morgan fingerprint density at radius 1 is 1.00 bits per heavy atom. The van der Waals surface area contributed by atoms with E-state index in [1.54, 1.807) is 13.8 Å². The van der Waals surface area contributed by atoms with Gasteiger partial charge in [-0.3, -0.25) is 0 Å². The van der Waals surface area contributed by atoms with E-state index in [9.17, 15) is 9.59 Å². The Bertz CT molecular complexity index is 371. The molecule has 0 aromatic heterocycles. The molecule has 24 heavy (non-hydrogen) atoms. The maximum absolute atomic E-state index is 10.4. The van der Waals surface area contributed by atoms with Gasteiger partial charge in [0, 0.05) is 12.2 Å². The minimum Gasteiger partial charge on any atom is -0.462 e. The van der Waals surface area contributed by atoms with Gasteiger partial charge in [-0.2, -0.15) is 0 Å². The van der Waals surface area contributed by atoms with Crippen LogP contribution in [0.3, 0.4) is 0 Å². The van der Waals surface area contributed by atoms with Gasteiger partial charge in [-0.25, -0.2) is 14.2 Å². The molecule has 0 radical (unpaired) electrons. The molecule has 2 unspecified atom stereocenters. The molecule has 0 saturated heterocycles. The van der Waals surface area contributed by atoms with Crippen molar-refractivity contribution in [3.8, 4) is 0 Å². The van der Waals surface area contributed by atoms with Crippen LogP contribution in [0.1, 0.15) is 26.7 Å². The summed E-state index contributed by atoms with van der Waals surface area (Å²) in [6.07, 6.45) is 3.28. The molecule has 136 valence electrons. The fourth-order valence-electron chi connectivity index (χ4n) is 0.611. The van der Waals surface area contributed by atoms with Crippen molar-refractivity contribution in [1.29, 1.82) is 0 Å². The number of ether oxygens (including phenoxy) is 2. The van der Waals surface area contributed by atoms with Crippen LogP contribution in [0.25, 0.3) is 0 Å². The van der Waals surface area contributed by atoms with Gasteiger partial charge in [-0.1, -0.05) is 13.2 Å². The van der Waals surface area contributed by atoms with E-state index in [0.717, 1.165) is 12.2 Å². The molecule has 0 bridgehead atoms. The average molecular weight is 392 g/mol. The number of esters is 2. The van der Waals surface area contributed by atoms with Gasteiger partial charge in [-0.15, -0.1) is 12.8 Å². The topological polar surface area (TPSA) is 130 Å². The van der Waals surface area contributed by atoms with E-state index in [0.29, 0.717) is 12.8 Å². The van der Waals surface area contributed by atoms with Crippen molar-refractivity contribution in [3.63, 3.8) is 0 Å². The Labute approximate surface area is 173 Å². The molecule has 3 N–H and O–H groups in total. The van der Waals surface area contributed by atoms with Gasteiger partial charge in [0.15, 0.2) is 0 Å². The van der Waals surface area contributed by atoms with Gasteiger partial charge in [-0.05, 0) is 13.8 Å². The smallest absolute Gasteiger partial charge is 0.462 e. The van der Waals surface area contributed by atoms with Crippen molar-refractivity contribution >= 4 is 57.5 Å². The van der Waals surface area contributed by atoms with E-state index in [1.165, 1.54) is 0 Å². The van der Waals surface area contributed by atoms with Crippen molar-refractivity contribution in [2.75, 3.05) is 0 Å². The Kier molecular flexibility index (Phi) is 25.1. The minimum atomic E-state index is -4.64. The van der Waals surface area contributed by atoms with Gasteiger partial charge in [0.05, 0.1) is 12.2 Å². The Balaban J connectivity index is -0.000000128. The molecule has 0 aromatic rings. The number of phosphoric acid groups is 1. The second-order valence-electron chi connectivity index (χ2n) is 3.99. The van der Waals surface area contributed by atoms with Gasteiger partial charge < -0.3 is 38.0 Å². The van der Waals surface area contributed by atoms with E-state index in [-0.39, 0.29) is 61.9 Å². The fourth-order valence-corrected chi connectivity index (χ4v) is 0.611. The number of hydrogen-bond acceptors (Lipinski definition) is 5. The van der Waals surface area contributed by atoms with Crippen LogP contribution in [0.2, 0.25) is 0 Å². The zero-order valence-corrected chi connectivity index (χ0v) is 17.2. The largest absolute Gasteiger partial charge is 2.00 e. The van der Waals surface area contributed by atoms with E-state index >= 15 is 0 Å². The fraction of sp³-hybridized carbons (Fsp3) is 0.429.